The molecule has 1 N–H and O–H groups in total. The lowest BCUT2D eigenvalue weighted by atomic mass is 9.73. The van der Waals surface area contributed by atoms with Gasteiger partial charge in [0, 0.05) is 37.2 Å². The van der Waals surface area contributed by atoms with E-state index in [0.29, 0.717) is 13.0 Å². The molecule has 4 nitrogen and oxygen atoms in total. The molecule has 0 spiro atoms. The van der Waals surface area contributed by atoms with E-state index < -0.39 is 0 Å². The van der Waals surface area contributed by atoms with Crippen LogP contribution in [0, 0.1) is 0 Å². The molecular formula is C16H23NO3. The third kappa shape index (κ3) is 3.12. The molecule has 1 aromatic rings. The van der Waals surface area contributed by atoms with Crippen LogP contribution in [0.2, 0.25) is 0 Å². The van der Waals surface area contributed by atoms with Gasteiger partial charge < -0.3 is 14.8 Å². The Morgan fingerprint density at radius 1 is 1.35 bits per heavy atom. The van der Waals surface area contributed by atoms with Gasteiger partial charge in [0.15, 0.2) is 0 Å². The maximum atomic E-state index is 11.6. The van der Waals surface area contributed by atoms with Gasteiger partial charge in [-0.3, -0.25) is 4.79 Å². The minimum absolute atomic E-state index is 0.0876. The number of carbonyl (C=O) groups is 1. The fourth-order valence-corrected chi connectivity index (χ4v) is 2.78. The van der Waals surface area contributed by atoms with E-state index in [1.165, 1.54) is 5.56 Å². The zero-order chi connectivity index (χ0) is 14.4. The number of rotatable bonds is 5. The lowest BCUT2D eigenvalue weighted by Crippen LogP contribution is -2.44. The number of ether oxygens (including phenoxy) is 2. The Balaban J connectivity index is 2.28. The summed E-state index contributed by atoms with van der Waals surface area (Å²) in [5.41, 5.74) is 1.08. The smallest absolute Gasteiger partial charge is 0.219 e. The van der Waals surface area contributed by atoms with Crippen molar-refractivity contribution in [2.75, 3.05) is 26.9 Å². The molecule has 1 aliphatic rings. The van der Waals surface area contributed by atoms with Gasteiger partial charge in [-0.2, -0.15) is 0 Å². The summed E-state index contributed by atoms with van der Waals surface area (Å²) >= 11 is 0. The second-order valence-electron chi connectivity index (χ2n) is 5.22. The van der Waals surface area contributed by atoms with Crippen molar-refractivity contribution in [2.24, 2.45) is 0 Å². The Labute approximate surface area is 120 Å². The van der Waals surface area contributed by atoms with Crippen LogP contribution in [0.1, 0.15) is 31.7 Å². The lowest BCUT2D eigenvalue weighted by molar-refractivity contribution is -0.121. The molecule has 1 aromatic carbocycles. The average Bonchev–Trinajstić information content (AvgIpc) is 2.53. The van der Waals surface area contributed by atoms with Crippen LogP contribution in [0.4, 0.5) is 0 Å². The quantitative estimate of drug-likeness (QED) is 0.898. The topological polar surface area (TPSA) is 47.6 Å². The van der Waals surface area contributed by atoms with Crippen molar-refractivity contribution >= 4 is 5.91 Å². The fraction of sp³-hybridized carbons (Fsp3) is 0.562. The number of methoxy groups -OCH3 is 1. The Kier molecular flexibility index (Phi) is 5.01. The van der Waals surface area contributed by atoms with Crippen molar-refractivity contribution in [3.63, 3.8) is 0 Å². The van der Waals surface area contributed by atoms with Gasteiger partial charge in [0.1, 0.15) is 5.75 Å². The number of amides is 1. The predicted molar refractivity (Wildman–Crippen MR) is 78.0 cm³/mol. The van der Waals surface area contributed by atoms with Gasteiger partial charge in [-0.1, -0.05) is 25.1 Å². The van der Waals surface area contributed by atoms with Crippen LogP contribution in [0.15, 0.2) is 24.3 Å². The van der Waals surface area contributed by atoms with E-state index in [2.05, 4.69) is 11.4 Å². The molecule has 20 heavy (non-hydrogen) atoms. The first kappa shape index (κ1) is 14.9. The number of para-hydroxylation sites is 1. The molecule has 0 atom stereocenters. The summed E-state index contributed by atoms with van der Waals surface area (Å²) in [4.78, 5) is 11.6. The number of nitrogens with one attached hydrogen (secondary N) is 1. The van der Waals surface area contributed by atoms with Gasteiger partial charge in [-0.25, -0.2) is 0 Å². The van der Waals surface area contributed by atoms with Crippen LogP contribution < -0.4 is 10.1 Å². The summed E-state index contributed by atoms with van der Waals surface area (Å²) in [6.07, 6.45) is 2.31. The van der Waals surface area contributed by atoms with Crippen LogP contribution in [0.3, 0.4) is 0 Å². The van der Waals surface area contributed by atoms with Gasteiger partial charge in [0.2, 0.25) is 5.91 Å². The summed E-state index contributed by atoms with van der Waals surface area (Å²) in [5.74, 6) is 0.978. The summed E-state index contributed by atoms with van der Waals surface area (Å²) in [7, 11) is 1.69. The monoisotopic (exact) mass is 277 g/mol. The molecule has 1 amide bonds. The Hall–Kier alpha value is -1.55. The van der Waals surface area contributed by atoms with E-state index >= 15 is 0 Å². The molecule has 1 aliphatic heterocycles. The molecule has 0 aromatic heterocycles. The normalized spacial score (nSPS) is 17.5. The molecule has 0 bridgehead atoms. The molecular weight excluding hydrogens is 254 g/mol. The first-order valence-electron chi connectivity index (χ1n) is 7.20. The zero-order valence-electron chi connectivity index (χ0n) is 12.3. The van der Waals surface area contributed by atoms with Gasteiger partial charge in [0.25, 0.3) is 0 Å². The van der Waals surface area contributed by atoms with E-state index in [1.54, 1.807) is 7.11 Å². The maximum absolute atomic E-state index is 11.6. The van der Waals surface area contributed by atoms with Crippen LogP contribution in [0.25, 0.3) is 0 Å². The van der Waals surface area contributed by atoms with Crippen LogP contribution in [0.5, 0.6) is 5.75 Å². The Morgan fingerprint density at radius 3 is 2.70 bits per heavy atom. The van der Waals surface area contributed by atoms with Crippen molar-refractivity contribution in [2.45, 2.75) is 31.6 Å². The highest BCUT2D eigenvalue weighted by Crippen LogP contribution is 2.39. The SMILES string of the molecule is CCC(=O)NCC1(c2ccccc2OC)CCOCC1. The van der Waals surface area contributed by atoms with Gasteiger partial charge >= 0.3 is 0 Å². The van der Waals surface area contributed by atoms with E-state index in [9.17, 15) is 4.79 Å². The summed E-state index contributed by atoms with van der Waals surface area (Å²) in [6.45, 7) is 3.96. The molecule has 2 rings (SSSR count). The number of hydrogen-bond acceptors (Lipinski definition) is 3. The van der Waals surface area contributed by atoms with Crippen LogP contribution in [-0.2, 0) is 14.9 Å². The lowest BCUT2D eigenvalue weighted by Gasteiger charge is -2.38. The van der Waals surface area contributed by atoms with Gasteiger partial charge in [-0.15, -0.1) is 0 Å². The highest BCUT2D eigenvalue weighted by Gasteiger charge is 2.36. The predicted octanol–water partition coefficient (Wildman–Crippen LogP) is 2.27. The molecule has 0 radical (unpaired) electrons. The second kappa shape index (κ2) is 6.75. The van der Waals surface area contributed by atoms with E-state index in [1.807, 2.05) is 25.1 Å². The molecule has 1 fully saturated rings. The minimum atomic E-state index is -0.0876. The molecule has 4 heteroatoms. The summed E-state index contributed by atoms with van der Waals surface area (Å²) < 4.78 is 11.0. The first-order valence-corrected chi connectivity index (χ1v) is 7.20. The zero-order valence-corrected chi connectivity index (χ0v) is 12.3. The molecule has 1 saturated heterocycles. The molecule has 0 saturated carbocycles. The number of benzene rings is 1. The summed E-state index contributed by atoms with van der Waals surface area (Å²) in [5, 5.41) is 3.04. The third-order valence-corrected chi connectivity index (χ3v) is 4.07. The molecule has 0 aliphatic carbocycles. The molecule has 1 heterocycles. The second-order valence-corrected chi connectivity index (χ2v) is 5.22. The average molecular weight is 277 g/mol. The van der Waals surface area contributed by atoms with E-state index in [-0.39, 0.29) is 11.3 Å². The molecule has 0 unspecified atom stereocenters. The molecule has 110 valence electrons. The van der Waals surface area contributed by atoms with E-state index in [4.69, 9.17) is 9.47 Å². The van der Waals surface area contributed by atoms with E-state index in [0.717, 1.165) is 31.8 Å². The highest BCUT2D eigenvalue weighted by molar-refractivity contribution is 5.75. The third-order valence-electron chi connectivity index (χ3n) is 4.07. The van der Waals surface area contributed by atoms with Gasteiger partial charge in [-0.05, 0) is 18.9 Å². The Morgan fingerprint density at radius 2 is 2.05 bits per heavy atom. The van der Waals surface area contributed by atoms with Crippen molar-refractivity contribution in [1.29, 1.82) is 0 Å². The maximum Gasteiger partial charge on any atom is 0.219 e. The number of hydrogen-bond donors (Lipinski definition) is 1. The highest BCUT2D eigenvalue weighted by atomic mass is 16.5. The fourth-order valence-electron chi connectivity index (χ4n) is 2.78. The number of carbonyl (C=O) groups excluding carboxylic acids is 1. The van der Waals surface area contributed by atoms with Crippen molar-refractivity contribution in [3.05, 3.63) is 29.8 Å². The van der Waals surface area contributed by atoms with Gasteiger partial charge in [0.05, 0.1) is 7.11 Å². The van der Waals surface area contributed by atoms with Crippen molar-refractivity contribution < 1.29 is 14.3 Å². The standard InChI is InChI=1S/C16H23NO3/c1-3-15(18)17-12-16(8-10-20-11-9-16)13-6-4-5-7-14(13)19-2/h4-7H,3,8-12H2,1-2H3,(H,17,18). The first-order chi connectivity index (χ1) is 9.72. The Bertz CT molecular complexity index is 453. The van der Waals surface area contributed by atoms with Crippen molar-refractivity contribution in [3.8, 4) is 5.75 Å². The summed E-state index contributed by atoms with van der Waals surface area (Å²) in [6, 6.07) is 8.08. The van der Waals surface area contributed by atoms with Crippen LogP contribution in [-0.4, -0.2) is 32.8 Å². The largest absolute Gasteiger partial charge is 0.496 e. The van der Waals surface area contributed by atoms with Crippen molar-refractivity contribution in [1.82, 2.24) is 5.32 Å². The van der Waals surface area contributed by atoms with Crippen LogP contribution >= 0.6 is 0 Å². The minimum Gasteiger partial charge on any atom is -0.496 e.